The maximum atomic E-state index is 13.9. The molecule has 7 nitrogen and oxygen atoms in total. The van der Waals surface area contributed by atoms with E-state index < -0.39 is 6.43 Å². The van der Waals surface area contributed by atoms with Gasteiger partial charge in [-0.3, -0.25) is 9.48 Å². The quantitative estimate of drug-likeness (QED) is 0.384. The Bertz CT molecular complexity index is 1300. The Kier molecular flexibility index (Phi) is 6.42. The molecule has 0 radical (unpaired) electrons. The zero-order valence-corrected chi connectivity index (χ0v) is 19.2. The molecule has 0 aliphatic carbocycles. The number of aromatic nitrogens is 5. The lowest BCUT2D eigenvalue weighted by Crippen LogP contribution is -2.31. The highest BCUT2D eigenvalue weighted by molar-refractivity contribution is 6.31. The zero-order valence-electron chi connectivity index (χ0n) is 18.5. The number of pyridine rings is 1. The summed E-state index contributed by atoms with van der Waals surface area (Å²) < 4.78 is 31.0. The Morgan fingerprint density at radius 3 is 2.61 bits per heavy atom. The van der Waals surface area contributed by atoms with E-state index in [4.69, 9.17) is 11.6 Å². The number of hydrogen-bond donors (Lipinski definition) is 0. The van der Waals surface area contributed by atoms with E-state index in [1.807, 2.05) is 25.1 Å². The highest BCUT2D eigenvalue weighted by Gasteiger charge is 2.23. The van der Waals surface area contributed by atoms with E-state index in [0.29, 0.717) is 28.5 Å². The second-order valence-corrected chi connectivity index (χ2v) is 8.12. The van der Waals surface area contributed by atoms with Gasteiger partial charge >= 0.3 is 0 Å². The summed E-state index contributed by atoms with van der Waals surface area (Å²) in [5.74, 6) is -0.259. The molecule has 1 amide bonds. The summed E-state index contributed by atoms with van der Waals surface area (Å²) >= 11 is 6.22. The minimum atomic E-state index is -2.70. The molecular weight excluding hydrogens is 450 g/mol. The number of nitrogens with zero attached hydrogens (tertiary/aromatic N) is 6. The fraction of sp³-hybridized carbons (Fsp3) is 0.304. The minimum absolute atomic E-state index is 0.146. The Labute approximate surface area is 194 Å². The number of benzene rings is 1. The normalized spacial score (nSPS) is 11.5. The van der Waals surface area contributed by atoms with Gasteiger partial charge < -0.3 is 4.90 Å². The molecule has 0 saturated carbocycles. The van der Waals surface area contributed by atoms with Gasteiger partial charge in [-0.05, 0) is 19.9 Å². The maximum Gasteiger partial charge on any atom is 0.264 e. The molecule has 0 atom stereocenters. The molecule has 0 fully saturated rings. The van der Waals surface area contributed by atoms with Crippen LogP contribution in [0.1, 0.15) is 30.3 Å². The number of hydrogen-bond acceptors (Lipinski definition) is 4. The molecule has 0 unspecified atom stereocenters. The Hall–Kier alpha value is -3.33. The minimum Gasteiger partial charge on any atom is -0.338 e. The molecular formula is C23H23ClF2N6O. The summed E-state index contributed by atoms with van der Waals surface area (Å²) in [5.41, 5.74) is 2.33. The molecule has 10 heteroatoms. The van der Waals surface area contributed by atoms with E-state index in [9.17, 15) is 13.6 Å². The van der Waals surface area contributed by atoms with Crippen LogP contribution in [0.2, 0.25) is 5.02 Å². The SMILES string of the molecule is CCn1ncc(Cl)c1CN(C)C(=O)Cn1nc(C)c2c(C(F)F)cc(-c3ccccc3)nc21. The van der Waals surface area contributed by atoms with E-state index in [1.165, 1.54) is 15.6 Å². The van der Waals surface area contributed by atoms with Crippen molar-refractivity contribution in [2.24, 2.45) is 0 Å². The summed E-state index contributed by atoms with van der Waals surface area (Å²) in [5, 5.41) is 9.31. The number of carbonyl (C=O) groups excluding carboxylic acids is 1. The second kappa shape index (κ2) is 9.27. The molecule has 0 aliphatic rings. The first-order valence-corrected chi connectivity index (χ1v) is 10.8. The van der Waals surface area contributed by atoms with Gasteiger partial charge in [0.25, 0.3) is 6.43 Å². The van der Waals surface area contributed by atoms with E-state index in [1.54, 1.807) is 37.0 Å². The number of carbonyl (C=O) groups is 1. The third-order valence-electron chi connectivity index (χ3n) is 5.51. The lowest BCUT2D eigenvalue weighted by molar-refractivity contribution is -0.131. The molecule has 33 heavy (non-hydrogen) atoms. The molecule has 0 N–H and O–H groups in total. The van der Waals surface area contributed by atoms with E-state index >= 15 is 0 Å². The van der Waals surface area contributed by atoms with Gasteiger partial charge in [0, 0.05) is 24.7 Å². The average Bonchev–Trinajstić information content (AvgIpc) is 3.32. The first-order chi connectivity index (χ1) is 15.8. The van der Waals surface area contributed by atoms with Crippen molar-refractivity contribution >= 4 is 28.5 Å². The van der Waals surface area contributed by atoms with Crippen LogP contribution >= 0.6 is 11.6 Å². The van der Waals surface area contributed by atoms with Crippen LogP contribution in [0.5, 0.6) is 0 Å². The second-order valence-electron chi connectivity index (χ2n) is 7.71. The first-order valence-electron chi connectivity index (χ1n) is 10.5. The molecule has 0 saturated heterocycles. The highest BCUT2D eigenvalue weighted by atomic mass is 35.5. The van der Waals surface area contributed by atoms with Crippen LogP contribution in [0.25, 0.3) is 22.3 Å². The first kappa shape index (κ1) is 22.8. The summed E-state index contributed by atoms with van der Waals surface area (Å²) in [4.78, 5) is 19.1. The molecule has 3 heterocycles. The maximum absolute atomic E-state index is 13.9. The Morgan fingerprint density at radius 1 is 1.21 bits per heavy atom. The number of fused-ring (bicyclic) bond motifs is 1. The molecule has 0 bridgehead atoms. The van der Waals surface area contributed by atoms with Crippen molar-refractivity contribution in [2.75, 3.05) is 7.05 Å². The molecule has 0 aliphatic heterocycles. The number of halogens is 3. The zero-order chi connectivity index (χ0) is 23.7. The van der Waals surface area contributed by atoms with Crippen molar-refractivity contribution < 1.29 is 13.6 Å². The third-order valence-corrected chi connectivity index (χ3v) is 5.82. The van der Waals surface area contributed by atoms with Gasteiger partial charge in [0.1, 0.15) is 6.54 Å². The van der Waals surface area contributed by atoms with E-state index in [-0.39, 0.29) is 35.6 Å². The lowest BCUT2D eigenvalue weighted by Gasteiger charge is -2.18. The average molecular weight is 473 g/mol. The van der Waals surface area contributed by atoms with Crippen LogP contribution in [0.15, 0.2) is 42.6 Å². The summed E-state index contributed by atoms with van der Waals surface area (Å²) in [7, 11) is 1.65. The van der Waals surface area contributed by atoms with Gasteiger partial charge in [0.2, 0.25) is 5.91 Å². The van der Waals surface area contributed by atoms with Crippen molar-refractivity contribution in [3.8, 4) is 11.3 Å². The van der Waals surface area contributed by atoms with Crippen molar-refractivity contribution in [2.45, 2.75) is 39.9 Å². The van der Waals surface area contributed by atoms with Gasteiger partial charge in [-0.1, -0.05) is 41.9 Å². The standard InChI is InChI=1S/C23H23ClF2N6O/c1-4-31-19(17(24)11-27-31)12-30(3)20(33)13-32-23-21(14(2)29-32)16(22(25)26)10-18(28-23)15-8-6-5-7-9-15/h5-11,22H,4,12-13H2,1-3H3. The van der Waals surface area contributed by atoms with Gasteiger partial charge in [0.05, 0.1) is 40.2 Å². The molecule has 172 valence electrons. The number of amides is 1. The fourth-order valence-corrected chi connectivity index (χ4v) is 4.01. The molecule has 3 aromatic heterocycles. The van der Waals surface area contributed by atoms with E-state index in [0.717, 1.165) is 5.69 Å². The summed E-state index contributed by atoms with van der Waals surface area (Å²) in [6, 6.07) is 10.5. The lowest BCUT2D eigenvalue weighted by atomic mass is 10.1. The third kappa shape index (κ3) is 4.45. The van der Waals surface area contributed by atoms with E-state index in [2.05, 4.69) is 15.2 Å². The molecule has 4 aromatic rings. The molecule has 0 spiro atoms. The number of rotatable bonds is 7. The smallest absolute Gasteiger partial charge is 0.264 e. The van der Waals surface area contributed by atoms with Crippen molar-refractivity contribution in [1.82, 2.24) is 29.4 Å². The van der Waals surface area contributed by atoms with Gasteiger partial charge in [-0.2, -0.15) is 10.2 Å². The van der Waals surface area contributed by atoms with Crippen LogP contribution < -0.4 is 0 Å². The predicted octanol–water partition coefficient (Wildman–Crippen LogP) is 4.87. The molecule has 1 aromatic carbocycles. The Morgan fingerprint density at radius 2 is 1.94 bits per heavy atom. The predicted molar refractivity (Wildman–Crippen MR) is 122 cm³/mol. The molecule has 4 rings (SSSR count). The van der Waals surface area contributed by atoms with Crippen LogP contribution in [0.4, 0.5) is 8.78 Å². The largest absolute Gasteiger partial charge is 0.338 e. The van der Waals surface area contributed by atoms with Crippen molar-refractivity contribution in [3.63, 3.8) is 0 Å². The van der Waals surface area contributed by atoms with Crippen LogP contribution in [0, 0.1) is 6.92 Å². The van der Waals surface area contributed by atoms with Crippen LogP contribution in [-0.4, -0.2) is 42.4 Å². The summed E-state index contributed by atoms with van der Waals surface area (Å²) in [6.07, 6.45) is -1.16. The summed E-state index contributed by atoms with van der Waals surface area (Å²) in [6.45, 7) is 4.31. The van der Waals surface area contributed by atoms with Gasteiger partial charge in [-0.25, -0.2) is 18.4 Å². The van der Waals surface area contributed by atoms with Gasteiger partial charge in [-0.15, -0.1) is 0 Å². The van der Waals surface area contributed by atoms with Crippen molar-refractivity contribution in [1.29, 1.82) is 0 Å². The topological polar surface area (TPSA) is 68.8 Å². The number of alkyl halides is 2. The number of aryl methyl sites for hydroxylation is 2. The highest BCUT2D eigenvalue weighted by Crippen LogP contribution is 2.33. The van der Waals surface area contributed by atoms with Crippen LogP contribution in [0.3, 0.4) is 0 Å². The van der Waals surface area contributed by atoms with Gasteiger partial charge in [0.15, 0.2) is 5.65 Å². The monoisotopic (exact) mass is 472 g/mol. The fourth-order valence-electron chi connectivity index (χ4n) is 3.81. The van der Waals surface area contributed by atoms with Crippen molar-refractivity contribution in [3.05, 3.63) is 64.6 Å². The Balaban J connectivity index is 1.69. The number of likely N-dealkylation sites (N-methyl/N-ethyl adjacent to an activating group) is 1. The van der Waals surface area contributed by atoms with Crippen LogP contribution in [-0.2, 0) is 24.4 Å².